The number of ether oxygens (including phenoxy) is 2. The standard InChI is InChI=1S/C84H148NO8P/c1-6-8-10-12-14-16-18-20-22-24-26-28-30-32-34-36-38-40-41-42-43-45-47-49-51-53-55-57-59-61-63-65-67-69-71-73-75-77-84(87)93-82(81-92-94(88,89)91-79-78-85(3,4)5)80-90-83(86)76-74-72-70-68-66-64-62-60-58-56-54-52-50-48-46-44-39-37-35-33-31-29-27-25-23-21-19-17-15-13-11-9-7-2/h8-11,14-17,20-23,26-29,32-35,82H,6-7,12-13,18-19,24-25,30-31,36-81H2,1-5H3/b10-8-,11-9-,16-14-,17-15-,22-20-,23-21-,28-26-,29-27-,34-32-,35-33-. The van der Waals surface area contributed by atoms with Crippen molar-refractivity contribution < 1.29 is 42.1 Å². The fourth-order valence-corrected chi connectivity index (χ4v) is 11.8. The van der Waals surface area contributed by atoms with Gasteiger partial charge in [0.2, 0.25) is 0 Å². The summed E-state index contributed by atoms with van der Waals surface area (Å²) in [5.74, 6) is -0.820. The summed E-state index contributed by atoms with van der Waals surface area (Å²) in [6.07, 6.45) is 106. The number of unbranched alkanes of at least 4 members (excludes halogenated alkanes) is 38. The Balaban J connectivity index is 3.96. The lowest BCUT2D eigenvalue weighted by atomic mass is 10.0. The molecule has 0 fully saturated rings. The van der Waals surface area contributed by atoms with Crippen LogP contribution in [0, 0.1) is 0 Å². The van der Waals surface area contributed by atoms with Crippen molar-refractivity contribution in [1.29, 1.82) is 0 Å². The highest BCUT2D eigenvalue weighted by Gasteiger charge is 2.22. The second-order valence-electron chi connectivity index (χ2n) is 27.3. The second-order valence-corrected chi connectivity index (χ2v) is 28.7. The van der Waals surface area contributed by atoms with Crippen LogP contribution in [0.4, 0.5) is 0 Å². The van der Waals surface area contributed by atoms with Gasteiger partial charge in [-0.25, -0.2) is 0 Å². The fourth-order valence-electron chi connectivity index (χ4n) is 11.1. The predicted molar refractivity (Wildman–Crippen MR) is 406 cm³/mol. The number of nitrogens with zero attached hydrogens (tertiary/aromatic N) is 1. The van der Waals surface area contributed by atoms with Gasteiger partial charge in [-0.1, -0.05) is 354 Å². The zero-order chi connectivity index (χ0) is 68.3. The molecule has 0 spiro atoms. The topological polar surface area (TPSA) is 111 Å². The molecule has 0 saturated carbocycles. The number of hydrogen-bond donors (Lipinski definition) is 0. The summed E-state index contributed by atoms with van der Waals surface area (Å²) < 4.78 is 34.4. The van der Waals surface area contributed by atoms with Gasteiger partial charge in [-0.2, -0.15) is 0 Å². The first-order valence-electron chi connectivity index (χ1n) is 39.2. The van der Waals surface area contributed by atoms with Gasteiger partial charge in [0.15, 0.2) is 6.10 Å². The smallest absolute Gasteiger partial charge is 0.306 e. The molecule has 0 bridgehead atoms. The maximum absolute atomic E-state index is 12.9. The van der Waals surface area contributed by atoms with E-state index in [0.717, 1.165) is 103 Å². The van der Waals surface area contributed by atoms with Crippen molar-refractivity contribution in [2.75, 3.05) is 47.5 Å². The number of hydrogen-bond acceptors (Lipinski definition) is 8. The van der Waals surface area contributed by atoms with Crippen LogP contribution in [0.1, 0.15) is 348 Å². The fraction of sp³-hybridized carbons (Fsp3) is 0.738. The lowest BCUT2D eigenvalue weighted by Gasteiger charge is -2.28. The lowest BCUT2D eigenvalue weighted by Crippen LogP contribution is -2.37. The summed E-state index contributed by atoms with van der Waals surface area (Å²) in [7, 11) is 1.17. The van der Waals surface area contributed by atoms with E-state index in [-0.39, 0.29) is 32.0 Å². The third-order valence-electron chi connectivity index (χ3n) is 17.0. The normalized spacial score (nSPS) is 13.7. The van der Waals surface area contributed by atoms with Crippen LogP contribution in [0.25, 0.3) is 0 Å². The number of carbonyl (C=O) groups is 2. The van der Waals surface area contributed by atoms with Gasteiger partial charge in [-0.05, 0) is 103 Å². The number of quaternary nitrogens is 1. The largest absolute Gasteiger partial charge is 0.756 e. The Kier molecular flexibility index (Phi) is 70.8. The molecule has 0 heterocycles. The molecule has 0 aliphatic rings. The molecular weight excluding hydrogens is 1180 g/mol. The molecule has 0 rings (SSSR count). The lowest BCUT2D eigenvalue weighted by molar-refractivity contribution is -0.870. The van der Waals surface area contributed by atoms with Crippen LogP contribution < -0.4 is 4.89 Å². The number of esters is 2. The van der Waals surface area contributed by atoms with Gasteiger partial charge in [-0.3, -0.25) is 14.2 Å². The van der Waals surface area contributed by atoms with Crippen molar-refractivity contribution in [2.45, 2.75) is 354 Å². The van der Waals surface area contributed by atoms with Crippen LogP contribution in [0.2, 0.25) is 0 Å². The third kappa shape index (κ3) is 77.4. The maximum Gasteiger partial charge on any atom is 0.306 e. The van der Waals surface area contributed by atoms with Crippen LogP contribution >= 0.6 is 7.82 Å². The van der Waals surface area contributed by atoms with E-state index in [0.29, 0.717) is 17.4 Å². The molecule has 2 atom stereocenters. The SMILES string of the molecule is CC/C=C\C/C=C\C/C=C\C/C=C\C/C=C\CCCCCCCCCCCCCCCCCCCCCCCC(=O)OC(COC(=O)CCCCCCCCCCCCCCCCCCC/C=C\C/C=C\C/C=C\C/C=C\C/C=C\CC)COP(=O)([O-])OCC[N+](C)(C)C. The average molecular weight is 1330 g/mol. The van der Waals surface area contributed by atoms with Crippen molar-refractivity contribution in [3.05, 3.63) is 122 Å². The molecule has 94 heavy (non-hydrogen) atoms. The van der Waals surface area contributed by atoms with Crippen molar-refractivity contribution in [2.24, 2.45) is 0 Å². The molecule has 0 aromatic heterocycles. The quantitative estimate of drug-likeness (QED) is 0.0195. The summed E-state index contributed by atoms with van der Waals surface area (Å²) in [5.41, 5.74) is 0. The van der Waals surface area contributed by atoms with Gasteiger partial charge in [0.05, 0.1) is 27.7 Å². The van der Waals surface area contributed by atoms with E-state index in [1.54, 1.807) is 0 Å². The summed E-state index contributed by atoms with van der Waals surface area (Å²) in [4.78, 5) is 38.2. The Morgan fingerprint density at radius 2 is 0.574 bits per heavy atom. The molecule has 0 aliphatic heterocycles. The van der Waals surface area contributed by atoms with E-state index in [1.807, 2.05) is 21.1 Å². The average Bonchev–Trinajstić information content (AvgIpc) is 1.56. The van der Waals surface area contributed by atoms with E-state index >= 15 is 0 Å². The van der Waals surface area contributed by atoms with E-state index in [9.17, 15) is 19.0 Å². The van der Waals surface area contributed by atoms with Gasteiger partial charge >= 0.3 is 11.9 Å². The Bertz CT molecular complexity index is 2010. The number of rotatable bonds is 72. The Labute approximate surface area is 581 Å². The summed E-state index contributed by atoms with van der Waals surface area (Å²) >= 11 is 0. The molecule has 0 saturated heterocycles. The summed E-state index contributed by atoms with van der Waals surface area (Å²) in [5, 5.41) is 0. The minimum atomic E-state index is -4.65. The molecule has 9 nitrogen and oxygen atoms in total. The number of allylic oxidation sites excluding steroid dienone is 20. The molecule has 2 unspecified atom stereocenters. The van der Waals surface area contributed by atoms with Crippen molar-refractivity contribution in [3.8, 4) is 0 Å². The zero-order valence-corrected chi connectivity index (χ0v) is 62.8. The minimum Gasteiger partial charge on any atom is -0.756 e. The molecule has 0 aliphatic carbocycles. The Morgan fingerprint density at radius 1 is 0.330 bits per heavy atom. The molecule has 0 amide bonds. The van der Waals surface area contributed by atoms with Crippen LogP contribution in [-0.4, -0.2) is 70.0 Å². The monoisotopic (exact) mass is 1330 g/mol. The maximum atomic E-state index is 12.9. The first kappa shape index (κ1) is 90.4. The Morgan fingerprint density at radius 3 is 0.851 bits per heavy atom. The first-order valence-corrected chi connectivity index (χ1v) is 40.7. The molecule has 0 N–H and O–H groups in total. The van der Waals surface area contributed by atoms with E-state index < -0.39 is 26.5 Å². The van der Waals surface area contributed by atoms with E-state index in [1.165, 1.54) is 212 Å². The van der Waals surface area contributed by atoms with Crippen molar-refractivity contribution in [3.63, 3.8) is 0 Å². The Hall–Kier alpha value is -3.59. The summed E-state index contributed by atoms with van der Waals surface area (Å²) in [6, 6.07) is 0. The molecule has 0 aromatic rings. The molecule has 0 radical (unpaired) electrons. The van der Waals surface area contributed by atoms with Gasteiger partial charge < -0.3 is 27.9 Å². The third-order valence-corrected chi connectivity index (χ3v) is 17.9. The van der Waals surface area contributed by atoms with Crippen LogP contribution in [-0.2, 0) is 32.7 Å². The summed E-state index contributed by atoms with van der Waals surface area (Å²) in [6.45, 7) is 4.05. The van der Waals surface area contributed by atoms with Crippen LogP contribution in [0.15, 0.2) is 122 Å². The van der Waals surface area contributed by atoms with Crippen molar-refractivity contribution in [1.82, 2.24) is 0 Å². The number of phosphoric ester groups is 1. The second kappa shape index (κ2) is 73.7. The molecule has 0 aromatic carbocycles. The highest BCUT2D eigenvalue weighted by atomic mass is 31.2. The molecular formula is C84H148NO8P. The minimum absolute atomic E-state index is 0.0322. The predicted octanol–water partition coefficient (Wildman–Crippen LogP) is 25.5. The number of carbonyl (C=O) groups excluding carboxylic acids is 2. The van der Waals surface area contributed by atoms with Crippen LogP contribution in [0.5, 0.6) is 0 Å². The van der Waals surface area contributed by atoms with Gasteiger partial charge in [0.25, 0.3) is 7.82 Å². The van der Waals surface area contributed by atoms with Gasteiger partial charge in [-0.15, -0.1) is 0 Å². The number of likely N-dealkylation sites (N-methyl/N-ethyl adjacent to an activating group) is 1. The van der Waals surface area contributed by atoms with Gasteiger partial charge in [0.1, 0.15) is 19.8 Å². The first-order chi connectivity index (χ1) is 46.0. The zero-order valence-electron chi connectivity index (χ0n) is 61.9. The number of phosphoric acid groups is 1. The van der Waals surface area contributed by atoms with Gasteiger partial charge in [0, 0.05) is 12.8 Å². The van der Waals surface area contributed by atoms with E-state index in [2.05, 4.69) is 135 Å². The highest BCUT2D eigenvalue weighted by Crippen LogP contribution is 2.38. The molecule has 542 valence electrons. The van der Waals surface area contributed by atoms with E-state index in [4.69, 9.17) is 18.5 Å². The highest BCUT2D eigenvalue weighted by molar-refractivity contribution is 7.45. The van der Waals surface area contributed by atoms with Crippen LogP contribution in [0.3, 0.4) is 0 Å². The van der Waals surface area contributed by atoms with Crippen molar-refractivity contribution >= 4 is 19.8 Å². The molecule has 10 heteroatoms.